The standard InChI is InChI=1S/C6H12O2.C5H9BrO2/c1-2-3-6-7-4-5-8-6;6-2-1-5-7-3-4-8-5/h6H,2-5H2,1H3;5H,1-4H2. The van der Waals surface area contributed by atoms with Crippen LogP contribution in [-0.2, 0) is 18.9 Å². The summed E-state index contributed by atoms with van der Waals surface area (Å²) < 4.78 is 20.6. The van der Waals surface area contributed by atoms with Gasteiger partial charge in [-0.05, 0) is 6.42 Å². The highest BCUT2D eigenvalue weighted by molar-refractivity contribution is 9.09. The van der Waals surface area contributed by atoms with E-state index in [1.54, 1.807) is 0 Å². The Hall–Kier alpha value is 0.320. The van der Waals surface area contributed by atoms with Crippen LogP contribution in [0.15, 0.2) is 0 Å². The fraction of sp³-hybridized carbons (Fsp3) is 1.00. The van der Waals surface area contributed by atoms with Crippen molar-refractivity contribution in [3.63, 3.8) is 0 Å². The van der Waals surface area contributed by atoms with Crippen molar-refractivity contribution >= 4 is 15.9 Å². The summed E-state index contributed by atoms with van der Waals surface area (Å²) in [6.07, 6.45) is 3.32. The lowest BCUT2D eigenvalue weighted by Gasteiger charge is -2.04. The Kier molecular flexibility index (Phi) is 8.41. The van der Waals surface area contributed by atoms with Crippen LogP contribution in [0.2, 0.25) is 0 Å². The van der Waals surface area contributed by atoms with Crippen molar-refractivity contribution in [1.29, 1.82) is 0 Å². The van der Waals surface area contributed by atoms with E-state index in [4.69, 9.17) is 18.9 Å². The summed E-state index contributed by atoms with van der Waals surface area (Å²) in [7, 11) is 0. The third-order valence-corrected chi connectivity index (χ3v) is 2.71. The van der Waals surface area contributed by atoms with Crippen molar-refractivity contribution in [2.24, 2.45) is 0 Å². The van der Waals surface area contributed by atoms with Gasteiger partial charge in [-0.25, -0.2) is 0 Å². The van der Waals surface area contributed by atoms with Crippen LogP contribution < -0.4 is 0 Å². The van der Waals surface area contributed by atoms with Crippen LogP contribution in [0.3, 0.4) is 0 Å². The molecule has 4 nitrogen and oxygen atoms in total. The lowest BCUT2D eigenvalue weighted by Crippen LogP contribution is -2.06. The van der Waals surface area contributed by atoms with Crippen LogP contribution in [-0.4, -0.2) is 44.3 Å². The average Bonchev–Trinajstić information content (AvgIpc) is 2.92. The molecule has 5 heteroatoms. The molecule has 0 aromatic heterocycles. The molecule has 0 radical (unpaired) electrons. The Morgan fingerprint density at radius 3 is 1.69 bits per heavy atom. The van der Waals surface area contributed by atoms with Gasteiger partial charge >= 0.3 is 0 Å². The Labute approximate surface area is 106 Å². The molecular weight excluding hydrogens is 276 g/mol. The molecule has 0 aliphatic carbocycles. The highest BCUT2D eigenvalue weighted by Crippen LogP contribution is 2.09. The maximum absolute atomic E-state index is 5.17. The second kappa shape index (κ2) is 9.36. The van der Waals surface area contributed by atoms with Gasteiger partial charge in [0.25, 0.3) is 0 Å². The quantitative estimate of drug-likeness (QED) is 0.746. The predicted octanol–water partition coefficient (Wildman–Crippen LogP) is 2.30. The van der Waals surface area contributed by atoms with Crippen LogP contribution in [0.25, 0.3) is 0 Å². The van der Waals surface area contributed by atoms with E-state index in [1.807, 2.05) is 0 Å². The van der Waals surface area contributed by atoms with Gasteiger partial charge < -0.3 is 18.9 Å². The number of rotatable bonds is 4. The third kappa shape index (κ3) is 6.15. The van der Waals surface area contributed by atoms with Gasteiger partial charge in [-0.1, -0.05) is 29.3 Å². The van der Waals surface area contributed by atoms with Crippen LogP contribution in [0, 0.1) is 0 Å². The summed E-state index contributed by atoms with van der Waals surface area (Å²) in [6.45, 7) is 5.22. The van der Waals surface area contributed by atoms with E-state index in [9.17, 15) is 0 Å². The molecule has 0 atom stereocenters. The van der Waals surface area contributed by atoms with Crippen LogP contribution in [0.4, 0.5) is 0 Å². The van der Waals surface area contributed by atoms with E-state index in [1.165, 1.54) is 0 Å². The van der Waals surface area contributed by atoms with Gasteiger partial charge in [0.2, 0.25) is 0 Å². The third-order valence-electron chi connectivity index (χ3n) is 2.25. The molecular formula is C11H21BrO4. The van der Waals surface area contributed by atoms with Crippen LogP contribution >= 0.6 is 15.9 Å². The fourth-order valence-corrected chi connectivity index (χ4v) is 1.85. The van der Waals surface area contributed by atoms with Crippen molar-refractivity contribution in [1.82, 2.24) is 0 Å². The first kappa shape index (κ1) is 14.4. The molecule has 0 saturated carbocycles. The number of ether oxygens (including phenoxy) is 4. The summed E-state index contributed by atoms with van der Waals surface area (Å²) in [5.41, 5.74) is 0. The van der Waals surface area contributed by atoms with Gasteiger partial charge in [0.15, 0.2) is 12.6 Å². The molecule has 0 bridgehead atoms. The summed E-state index contributed by atoms with van der Waals surface area (Å²) in [5.74, 6) is 0. The van der Waals surface area contributed by atoms with Crippen molar-refractivity contribution in [2.75, 3.05) is 31.8 Å². The molecule has 96 valence electrons. The molecule has 2 heterocycles. The van der Waals surface area contributed by atoms with Gasteiger partial charge in [-0.3, -0.25) is 0 Å². The summed E-state index contributed by atoms with van der Waals surface area (Å²) in [4.78, 5) is 0. The first-order valence-electron chi connectivity index (χ1n) is 5.89. The first-order valence-corrected chi connectivity index (χ1v) is 7.01. The topological polar surface area (TPSA) is 36.9 Å². The molecule has 2 aliphatic heterocycles. The highest BCUT2D eigenvalue weighted by Gasteiger charge is 2.14. The number of alkyl halides is 1. The van der Waals surface area contributed by atoms with Crippen LogP contribution in [0.1, 0.15) is 26.2 Å². The second-order valence-electron chi connectivity index (χ2n) is 3.61. The van der Waals surface area contributed by atoms with Gasteiger partial charge in [0.05, 0.1) is 26.4 Å². The monoisotopic (exact) mass is 296 g/mol. The molecule has 0 aromatic rings. The van der Waals surface area contributed by atoms with E-state index in [0.29, 0.717) is 0 Å². The lowest BCUT2D eigenvalue weighted by atomic mass is 10.3. The zero-order valence-electron chi connectivity index (χ0n) is 9.82. The van der Waals surface area contributed by atoms with Crippen molar-refractivity contribution < 1.29 is 18.9 Å². The highest BCUT2D eigenvalue weighted by atomic mass is 79.9. The maximum atomic E-state index is 5.17. The minimum absolute atomic E-state index is 0.0642. The molecule has 0 N–H and O–H groups in total. The first-order chi connectivity index (χ1) is 7.86. The molecule has 0 amide bonds. The minimum atomic E-state index is 0.0642. The van der Waals surface area contributed by atoms with Gasteiger partial charge in [-0.15, -0.1) is 0 Å². The predicted molar refractivity (Wildman–Crippen MR) is 64.7 cm³/mol. The molecule has 16 heavy (non-hydrogen) atoms. The second-order valence-corrected chi connectivity index (χ2v) is 4.40. The van der Waals surface area contributed by atoms with E-state index < -0.39 is 0 Å². The Morgan fingerprint density at radius 1 is 0.875 bits per heavy atom. The number of halogens is 1. The summed E-state index contributed by atoms with van der Waals surface area (Å²) >= 11 is 3.30. The molecule has 0 aromatic carbocycles. The van der Waals surface area contributed by atoms with Crippen molar-refractivity contribution in [3.05, 3.63) is 0 Å². The van der Waals surface area contributed by atoms with E-state index in [-0.39, 0.29) is 12.6 Å². The summed E-state index contributed by atoms with van der Waals surface area (Å²) in [5, 5.41) is 0.956. The zero-order chi connectivity index (χ0) is 11.6. The minimum Gasteiger partial charge on any atom is -0.350 e. The van der Waals surface area contributed by atoms with Gasteiger partial charge in [0, 0.05) is 11.8 Å². The average molecular weight is 297 g/mol. The molecule has 2 aliphatic rings. The van der Waals surface area contributed by atoms with Gasteiger partial charge in [-0.2, -0.15) is 0 Å². The van der Waals surface area contributed by atoms with Gasteiger partial charge in [0.1, 0.15) is 0 Å². The Balaban J connectivity index is 0.000000160. The van der Waals surface area contributed by atoms with E-state index >= 15 is 0 Å². The van der Waals surface area contributed by atoms with Crippen molar-refractivity contribution in [2.45, 2.75) is 38.8 Å². The Bertz CT molecular complexity index is 138. The fourth-order valence-electron chi connectivity index (χ4n) is 1.47. The smallest absolute Gasteiger partial charge is 0.158 e. The molecule has 2 fully saturated rings. The summed E-state index contributed by atoms with van der Waals surface area (Å²) in [6, 6.07) is 0. The Morgan fingerprint density at radius 2 is 1.31 bits per heavy atom. The van der Waals surface area contributed by atoms with E-state index in [2.05, 4.69) is 22.9 Å². The van der Waals surface area contributed by atoms with Crippen molar-refractivity contribution in [3.8, 4) is 0 Å². The molecule has 0 spiro atoms. The molecule has 0 unspecified atom stereocenters. The normalized spacial score (nSPS) is 22.1. The van der Waals surface area contributed by atoms with E-state index in [0.717, 1.165) is 51.0 Å². The largest absolute Gasteiger partial charge is 0.350 e. The number of hydrogen-bond donors (Lipinski definition) is 0. The SMILES string of the molecule is BrCCC1OCCO1.CCCC1OCCO1. The number of hydrogen-bond acceptors (Lipinski definition) is 4. The maximum Gasteiger partial charge on any atom is 0.158 e. The molecule has 2 rings (SSSR count). The van der Waals surface area contributed by atoms with Crippen LogP contribution in [0.5, 0.6) is 0 Å². The molecule has 2 saturated heterocycles. The lowest BCUT2D eigenvalue weighted by molar-refractivity contribution is -0.0468. The zero-order valence-corrected chi connectivity index (χ0v) is 11.4.